The van der Waals surface area contributed by atoms with E-state index in [0.717, 1.165) is 6.54 Å². The van der Waals surface area contributed by atoms with Crippen LogP contribution in [-0.2, 0) is 0 Å². The molecule has 1 heterocycles. The van der Waals surface area contributed by atoms with Crippen molar-refractivity contribution in [3.63, 3.8) is 0 Å². The fourth-order valence-corrected chi connectivity index (χ4v) is 1.73. The molecule has 0 radical (unpaired) electrons. The molecule has 1 atom stereocenters. The second-order valence-electron chi connectivity index (χ2n) is 3.69. The van der Waals surface area contributed by atoms with E-state index in [4.69, 9.17) is 5.73 Å². The highest BCUT2D eigenvalue weighted by molar-refractivity contribution is 5.85. The Hall–Kier alpha value is 0.210. The predicted octanol–water partition coefficient (Wildman–Crippen LogP) is 1.63. The maximum absolute atomic E-state index is 5.73. The maximum Gasteiger partial charge on any atom is 0.0139 e. The molecule has 0 aromatic rings. The number of halogens is 1. The number of nitrogens with zero attached hydrogens (tertiary/aromatic N) is 1. The lowest BCUT2D eigenvalue weighted by Crippen LogP contribution is -2.36. The van der Waals surface area contributed by atoms with E-state index < -0.39 is 0 Å². The minimum atomic E-state index is 0. The van der Waals surface area contributed by atoms with Crippen molar-refractivity contribution in [3.05, 3.63) is 0 Å². The van der Waals surface area contributed by atoms with Crippen molar-refractivity contribution in [1.29, 1.82) is 0 Å². The topological polar surface area (TPSA) is 29.3 Å². The summed E-state index contributed by atoms with van der Waals surface area (Å²) in [6.45, 7) is 5.70. The number of hydrogen-bond donors (Lipinski definition) is 1. The Bertz CT molecular complexity index is 98.7. The van der Waals surface area contributed by atoms with Crippen molar-refractivity contribution in [2.45, 2.75) is 38.6 Å². The molecular weight excluding hydrogens is 172 g/mol. The Morgan fingerprint density at radius 3 is 2.08 bits per heavy atom. The predicted molar refractivity (Wildman–Crippen MR) is 55.8 cm³/mol. The van der Waals surface area contributed by atoms with E-state index in [0.29, 0.717) is 6.04 Å². The second kappa shape index (κ2) is 6.70. The molecule has 1 fully saturated rings. The van der Waals surface area contributed by atoms with Crippen LogP contribution >= 0.6 is 12.4 Å². The Morgan fingerprint density at radius 2 is 1.67 bits per heavy atom. The largest absolute Gasteiger partial charge is 0.327 e. The van der Waals surface area contributed by atoms with Gasteiger partial charge in [0.15, 0.2) is 0 Å². The molecule has 2 nitrogen and oxygen atoms in total. The maximum atomic E-state index is 5.73. The smallest absolute Gasteiger partial charge is 0.0139 e. The molecule has 0 saturated carbocycles. The third kappa shape index (κ3) is 4.96. The molecule has 0 bridgehead atoms. The van der Waals surface area contributed by atoms with E-state index in [9.17, 15) is 0 Å². The van der Waals surface area contributed by atoms with Gasteiger partial charge in [0.2, 0.25) is 0 Å². The van der Waals surface area contributed by atoms with Gasteiger partial charge in [-0.25, -0.2) is 0 Å². The van der Waals surface area contributed by atoms with Crippen LogP contribution in [0.4, 0.5) is 0 Å². The van der Waals surface area contributed by atoms with Crippen molar-refractivity contribution in [2.75, 3.05) is 19.6 Å². The Morgan fingerprint density at radius 1 is 1.17 bits per heavy atom. The van der Waals surface area contributed by atoms with Crippen LogP contribution in [-0.4, -0.2) is 30.6 Å². The second-order valence-corrected chi connectivity index (χ2v) is 3.69. The lowest BCUT2D eigenvalue weighted by Gasteiger charge is -2.21. The summed E-state index contributed by atoms with van der Waals surface area (Å²) in [5, 5.41) is 0. The lowest BCUT2D eigenvalue weighted by atomic mass is 10.2. The van der Waals surface area contributed by atoms with E-state index in [1.54, 1.807) is 0 Å². The summed E-state index contributed by atoms with van der Waals surface area (Å²) in [6.07, 6.45) is 5.56. The SMILES string of the molecule is C[C@H](N)CN1CCCCCC1.Cl. The first-order valence-electron chi connectivity index (χ1n) is 4.77. The van der Waals surface area contributed by atoms with Crippen LogP contribution in [0.3, 0.4) is 0 Å². The van der Waals surface area contributed by atoms with Crippen molar-refractivity contribution < 1.29 is 0 Å². The average molecular weight is 193 g/mol. The molecule has 0 spiro atoms. The van der Waals surface area contributed by atoms with Crippen LogP contribution in [0.25, 0.3) is 0 Å². The minimum absolute atomic E-state index is 0. The van der Waals surface area contributed by atoms with Crippen molar-refractivity contribution >= 4 is 12.4 Å². The van der Waals surface area contributed by atoms with Gasteiger partial charge in [0.05, 0.1) is 0 Å². The fraction of sp³-hybridized carbons (Fsp3) is 1.00. The van der Waals surface area contributed by atoms with Gasteiger partial charge in [-0.1, -0.05) is 12.8 Å². The Kier molecular flexibility index (Phi) is 6.81. The van der Waals surface area contributed by atoms with Gasteiger partial charge < -0.3 is 10.6 Å². The quantitative estimate of drug-likeness (QED) is 0.721. The van der Waals surface area contributed by atoms with Gasteiger partial charge in [0, 0.05) is 12.6 Å². The molecule has 0 unspecified atom stereocenters. The van der Waals surface area contributed by atoms with Crippen LogP contribution in [0.15, 0.2) is 0 Å². The Balaban J connectivity index is 0.00000121. The van der Waals surface area contributed by atoms with Gasteiger partial charge in [-0.2, -0.15) is 0 Å². The van der Waals surface area contributed by atoms with Gasteiger partial charge in [0.1, 0.15) is 0 Å². The van der Waals surface area contributed by atoms with Crippen LogP contribution in [0, 0.1) is 0 Å². The fourth-order valence-electron chi connectivity index (χ4n) is 1.73. The molecule has 0 aromatic heterocycles. The monoisotopic (exact) mass is 192 g/mol. The standard InChI is InChI=1S/C9H20N2.ClH/c1-9(10)8-11-6-4-2-3-5-7-11;/h9H,2-8,10H2,1H3;1H/t9-;/m0./s1. The highest BCUT2D eigenvalue weighted by Crippen LogP contribution is 2.09. The summed E-state index contributed by atoms with van der Waals surface area (Å²) in [6, 6.07) is 0.341. The summed E-state index contributed by atoms with van der Waals surface area (Å²) < 4.78 is 0. The Labute approximate surface area is 81.9 Å². The van der Waals surface area contributed by atoms with E-state index in [2.05, 4.69) is 11.8 Å². The minimum Gasteiger partial charge on any atom is -0.327 e. The third-order valence-corrected chi connectivity index (χ3v) is 2.24. The number of hydrogen-bond acceptors (Lipinski definition) is 2. The van der Waals surface area contributed by atoms with E-state index in [1.807, 2.05) is 0 Å². The molecule has 1 aliphatic rings. The number of rotatable bonds is 2. The molecule has 3 heteroatoms. The molecule has 1 saturated heterocycles. The van der Waals surface area contributed by atoms with E-state index in [-0.39, 0.29) is 12.4 Å². The van der Waals surface area contributed by atoms with Gasteiger partial charge in [-0.3, -0.25) is 0 Å². The first kappa shape index (κ1) is 12.2. The molecule has 0 aromatic carbocycles. The van der Waals surface area contributed by atoms with Crippen molar-refractivity contribution in [1.82, 2.24) is 4.90 Å². The first-order chi connectivity index (χ1) is 5.29. The highest BCUT2D eigenvalue weighted by atomic mass is 35.5. The first-order valence-corrected chi connectivity index (χ1v) is 4.77. The molecule has 2 N–H and O–H groups in total. The van der Waals surface area contributed by atoms with Crippen LogP contribution in [0.1, 0.15) is 32.6 Å². The molecule has 12 heavy (non-hydrogen) atoms. The summed E-state index contributed by atoms with van der Waals surface area (Å²) >= 11 is 0. The summed E-state index contributed by atoms with van der Waals surface area (Å²) in [5.41, 5.74) is 5.73. The van der Waals surface area contributed by atoms with Crippen LogP contribution in [0.5, 0.6) is 0 Å². The van der Waals surface area contributed by atoms with E-state index >= 15 is 0 Å². The van der Waals surface area contributed by atoms with Crippen molar-refractivity contribution in [2.24, 2.45) is 5.73 Å². The molecular formula is C9H21ClN2. The van der Waals surface area contributed by atoms with Gasteiger partial charge in [-0.05, 0) is 32.9 Å². The molecule has 1 aliphatic heterocycles. The zero-order valence-corrected chi connectivity index (χ0v) is 8.78. The van der Waals surface area contributed by atoms with Crippen LogP contribution < -0.4 is 5.73 Å². The highest BCUT2D eigenvalue weighted by Gasteiger charge is 2.09. The zero-order chi connectivity index (χ0) is 8.10. The van der Waals surface area contributed by atoms with Crippen molar-refractivity contribution in [3.8, 4) is 0 Å². The summed E-state index contributed by atoms with van der Waals surface area (Å²) in [7, 11) is 0. The molecule has 0 amide bonds. The average Bonchev–Trinajstić information content (AvgIpc) is 2.14. The summed E-state index contributed by atoms with van der Waals surface area (Å²) in [4.78, 5) is 2.50. The van der Waals surface area contributed by atoms with E-state index in [1.165, 1.54) is 38.8 Å². The van der Waals surface area contributed by atoms with Gasteiger partial charge in [-0.15, -0.1) is 12.4 Å². The number of nitrogens with two attached hydrogens (primary N) is 1. The molecule has 74 valence electrons. The van der Waals surface area contributed by atoms with Gasteiger partial charge >= 0.3 is 0 Å². The lowest BCUT2D eigenvalue weighted by molar-refractivity contribution is 0.272. The summed E-state index contributed by atoms with van der Waals surface area (Å²) in [5.74, 6) is 0. The normalized spacial score (nSPS) is 22.5. The molecule has 1 rings (SSSR count). The van der Waals surface area contributed by atoms with Gasteiger partial charge in [0.25, 0.3) is 0 Å². The third-order valence-electron chi connectivity index (χ3n) is 2.24. The van der Waals surface area contributed by atoms with Crippen LogP contribution in [0.2, 0.25) is 0 Å². The zero-order valence-electron chi connectivity index (χ0n) is 7.96. The number of likely N-dealkylation sites (tertiary alicyclic amines) is 1. The molecule has 0 aliphatic carbocycles.